The van der Waals surface area contributed by atoms with Crippen molar-refractivity contribution in [1.29, 1.82) is 0 Å². The Bertz CT molecular complexity index is 633. The van der Waals surface area contributed by atoms with Crippen LogP contribution >= 0.6 is 0 Å². The molecule has 0 aliphatic heterocycles. The van der Waals surface area contributed by atoms with Crippen LogP contribution in [-0.2, 0) is 12.8 Å². The average molecular weight is 283 g/mol. The number of rotatable bonds is 4. The molecule has 0 heterocycles. The quantitative estimate of drug-likeness (QED) is 0.883. The van der Waals surface area contributed by atoms with Crippen LogP contribution in [0.4, 0.5) is 4.39 Å². The summed E-state index contributed by atoms with van der Waals surface area (Å²) >= 11 is 0. The van der Waals surface area contributed by atoms with Crippen LogP contribution in [0.25, 0.3) is 0 Å². The average Bonchev–Trinajstić information content (AvgIpc) is 2.70. The highest BCUT2D eigenvalue weighted by atomic mass is 19.1. The minimum atomic E-state index is -0.154. The van der Waals surface area contributed by atoms with Gasteiger partial charge in [0.25, 0.3) is 0 Å². The molecule has 2 aromatic rings. The van der Waals surface area contributed by atoms with E-state index in [1.54, 1.807) is 12.1 Å². The van der Waals surface area contributed by atoms with Crippen LogP contribution in [0.1, 0.15) is 36.6 Å². The lowest BCUT2D eigenvalue weighted by Crippen LogP contribution is -2.32. The topological polar surface area (TPSA) is 12.0 Å². The summed E-state index contributed by atoms with van der Waals surface area (Å²) in [5.74, 6) is -0.154. The van der Waals surface area contributed by atoms with E-state index in [9.17, 15) is 4.39 Å². The predicted molar refractivity (Wildman–Crippen MR) is 84.8 cm³/mol. The molecule has 1 unspecified atom stereocenters. The van der Waals surface area contributed by atoms with E-state index >= 15 is 0 Å². The lowest BCUT2D eigenvalue weighted by atomic mass is 9.85. The van der Waals surface area contributed by atoms with Gasteiger partial charge in [0.05, 0.1) is 0 Å². The van der Waals surface area contributed by atoms with Crippen LogP contribution in [-0.4, -0.2) is 6.54 Å². The first kappa shape index (κ1) is 14.3. The first-order valence-electron chi connectivity index (χ1n) is 7.62. The van der Waals surface area contributed by atoms with Crippen molar-refractivity contribution in [3.05, 3.63) is 71.0 Å². The smallest absolute Gasteiger partial charge is 0.123 e. The maximum atomic E-state index is 13.2. The third-order valence-corrected chi connectivity index (χ3v) is 4.44. The second kappa shape index (κ2) is 5.61. The largest absolute Gasteiger partial charge is 0.309 e. The Morgan fingerprint density at radius 3 is 2.76 bits per heavy atom. The molecule has 1 nitrogen and oxygen atoms in total. The Morgan fingerprint density at radius 2 is 1.95 bits per heavy atom. The number of hydrogen-bond acceptors (Lipinski definition) is 1. The molecule has 0 aromatic heterocycles. The zero-order valence-corrected chi connectivity index (χ0v) is 12.7. The van der Waals surface area contributed by atoms with Crippen LogP contribution in [0.2, 0.25) is 0 Å². The van der Waals surface area contributed by atoms with Gasteiger partial charge in [-0.05, 0) is 53.6 Å². The molecule has 1 atom stereocenters. The maximum absolute atomic E-state index is 13.2. The third kappa shape index (κ3) is 3.01. The minimum Gasteiger partial charge on any atom is -0.309 e. The van der Waals surface area contributed by atoms with Crippen molar-refractivity contribution in [1.82, 2.24) is 5.32 Å². The molecule has 2 heteroatoms. The SMILES string of the molecule is CC1(C)Cc2ccccc2C1NCCc1cccc(F)c1. The van der Waals surface area contributed by atoms with Crippen molar-refractivity contribution in [3.63, 3.8) is 0 Å². The monoisotopic (exact) mass is 283 g/mol. The highest BCUT2D eigenvalue weighted by molar-refractivity contribution is 5.37. The van der Waals surface area contributed by atoms with Gasteiger partial charge in [-0.2, -0.15) is 0 Å². The van der Waals surface area contributed by atoms with Gasteiger partial charge in [0.1, 0.15) is 5.82 Å². The van der Waals surface area contributed by atoms with Crippen molar-refractivity contribution in [2.75, 3.05) is 6.54 Å². The lowest BCUT2D eigenvalue weighted by Gasteiger charge is -2.28. The summed E-state index contributed by atoms with van der Waals surface area (Å²) in [7, 11) is 0. The molecule has 21 heavy (non-hydrogen) atoms. The fourth-order valence-electron chi connectivity index (χ4n) is 3.43. The second-order valence-electron chi connectivity index (χ2n) is 6.63. The van der Waals surface area contributed by atoms with Crippen LogP contribution in [0, 0.1) is 11.2 Å². The second-order valence-corrected chi connectivity index (χ2v) is 6.63. The number of halogens is 1. The molecule has 0 amide bonds. The Morgan fingerprint density at radius 1 is 1.14 bits per heavy atom. The van der Waals surface area contributed by atoms with E-state index in [-0.39, 0.29) is 11.2 Å². The van der Waals surface area contributed by atoms with E-state index in [2.05, 4.69) is 43.4 Å². The van der Waals surface area contributed by atoms with Gasteiger partial charge in [-0.1, -0.05) is 50.2 Å². The number of nitrogens with one attached hydrogen (secondary N) is 1. The van der Waals surface area contributed by atoms with Crippen molar-refractivity contribution in [2.45, 2.75) is 32.7 Å². The van der Waals surface area contributed by atoms with Crippen LogP contribution in [0.5, 0.6) is 0 Å². The van der Waals surface area contributed by atoms with Gasteiger partial charge in [0.15, 0.2) is 0 Å². The molecule has 0 fully saturated rings. The first-order chi connectivity index (χ1) is 10.1. The van der Waals surface area contributed by atoms with Gasteiger partial charge >= 0.3 is 0 Å². The molecule has 2 aromatic carbocycles. The fraction of sp³-hybridized carbons (Fsp3) is 0.368. The molecule has 0 saturated heterocycles. The molecule has 1 aliphatic carbocycles. The molecule has 3 rings (SSSR count). The summed E-state index contributed by atoms with van der Waals surface area (Å²) in [5, 5.41) is 3.67. The van der Waals surface area contributed by atoms with Gasteiger partial charge in [-0.3, -0.25) is 0 Å². The molecule has 110 valence electrons. The summed E-state index contributed by atoms with van der Waals surface area (Å²) in [6.45, 7) is 5.49. The van der Waals surface area contributed by atoms with Gasteiger partial charge in [-0.15, -0.1) is 0 Å². The molecular formula is C19H22FN. The van der Waals surface area contributed by atoms with Gasteiger partial charge in [0.2, 0.25) is 0 Å². The summed E-state index contributed by atoms with van der Waals surface area (Å²) in [6.07, 6.45) is 1.97. The lowest BCUT2D eigenvalue weighted by molar-refractivity contribution is 0.271. The van der Waals surface area contributed by atoms with Crippen molar-refractivity contribution in [2.24, 2.45) is 5.41 Å². The Hall–Kier alpha value is -1.67. The Balaban J connectivity index is 1.67. The van der Waals surface area contributed by atoms with Crippen molar-refractivity contribution in [3.8, 4) is 0 Å². The van der Waals surface area contributed by atoms with Crippen LogP contribution in [0.15, 0.2) is 48.5 Å². The molecular weight excluding hydrogens is 261 g/mol. The van der Waals surface area contributed by atoms with Crippen molar-refractivity contribution >= 4 is 0 Å². The number of benzene rings is 2. The molecule has 0 spiro atoms. The van der Waals surface area contributed by atoms with E-state index < -0.39 is 0 Å². The van der Waals surface area contributed by atoms with E-state index in [0.717, 1.165) is 24.9 Å². The van der Waals surface area contributed by atoms with Gasteiger partial charge < -0.3 is 5.32 Å². The zero-order chi connectivity index (χ0) is 14.9. The molecule has 0 bridgehead atoms. The van der Waals surface area contributed by atoms with E-state index in [1.807, 2.05) is 6.07 Å². The van der Waals surface area contributed by atoms with Gasteiger partial charge in [0, 0.05) is 6.04 Å². The Kier molecular flexibility index (Phi) is 3.81. The Labute approximate surface area is 126 Å². The van der Waals surface area contributed by atoms with E-state index in [4.69, 9.17) is 0 Å². The standard InChI is InChI=1S/C19H22FN/c1-19(2)13-15-7-3-4-9-17(15)18(19)21-11-10-14-6-5-8-16(20)12-14/h3-9,12,18,21H,10-11,13H2,1-2H3. The van der Waals surface area contributed by atoms with Crippen LogP contribution < -0.4 is 5.32 Å². The number of hydrogen-bond donors (Lipinski definition) is 1. The summed E-state index contributed by atoms with van der Waals surface area (Å²) in [4.78, 5) is 0. The van der Waals surface area contributed by atoms with Gasteiger partial charge in [-0.25, -0.2) is 4.39 Å². The highest BCUT2D eigenvalue weighted by Gasteiger charge is 2.37. The third-order valence-electron chi connectivity index (χ3n) is 4.44. The molecule has 0 radical (unpaired) electrons. The zero-order valence-electron chi connectivity index (χ0n) is 12.7. The van der Waals surface area contributed by atoms with E-state index in [1.165, 1.54) is 17.2 Å². The molecule has 1 aliphatic rings. The first-order valence-corrected chi connectivity index (χ1v) is 7.62. The van der Waals surface area contributed by atoms with Crippen molar-refractivity contribution < 1.29 is 4.39 Å². The normalized spacial score (nSPS) is 19.5. The molecule has 1 N–H and O–H groups in total. The van der Waals surface area contributed by atoms with Crippen LogP contribution in [0.3, 0.4) is 0 Å². The van der Waals surface area contributed by atoms with E-state index in [0.29, 0.717) is 6.04 Å². The summed E-state index contributed by atoms with van der Waals surface area (Å²) in [5.41, 5.74) is 4.14. The minimum absolute atomic E-state index is 0.154. The fourth-order valence-corrected chi connectivity index (χ4v) is 3.43. The molecule has 0 saturated carbocycles. The number of fused-ring (bicyclic) bond motifs is 1. The maximum Gasteiger partial charge on any atom is 0.123 e. The summed E-state index contributed by atoms with van der Waals surface area (Å²) < 4.78 is 13.2. The highest BCUT2D eigenvalue weighted by Crippen LogP contribution is 2.44. The predicted octanol–water partition coefficient (Wildman–Crippen LogP) is 4.28. The summed E-state index contributed by atoms with van der Waals surface area (Å²) in [6, 6.07) is 15.9.